The van der Waals surface area contributed by atoms with Gasteiger partial charge in [-0.1, -0.05) is 36.8 Å². The number of nitrogens with one attached hydrogen (secondary N) is 1. The van der Waals surface area contributed by atoms with E-state index in [1.165, 1.54) is 11.1 Å². The summed E-state index contributed by atoms with van der Waals surface area (Å²) >= 11 is 5.21. The van der Waals surface area contributed by atoms with Gasteiger partial charge in [-0.2, -0.15) is 5.10 Å². The second kappa shape index (κ2) is 4.61. The fourth-order valence-electron chi connectivity index (χ4n) is 1.66. The van der Waals surface area contributed by atoms with Crippen molar-refractivity contribution in [1.82, 2.24) is 14.8 Å². The quantitative estimate of drug-likeness (QED) is 0.827. The Bertz CT molecular complexity index is 522. The molecular formula is C12H15N3S. The molecule has 16 heavy (non-hydrogen) atoms. The van der Waals surface area contributed by atoms with Crippen LogP contribution in [0.25, 0.3) is 0 Å². The molecule has 0 aliphatic rings. The number of aromatic nitrogens is 3. The summed E-state index contributed by atoms with van der Waals surface area (Å²) in [6, 6.07) is 8.49. The van der Waals surface area contributed by atoms with Gasteiger partial charge in [0.2, 0.25) is 0 Å². The molecule has 0 unspecified atom stereocenters. The van der Waals surface area contributed by atoms with Gasteiger partial charge in [-0.25, -0.2) is 0 Å². The van der Waals surface area contributed by atoms with Crippen LogP contribution in [0.4, 0.5) is 0 Å². The molecule has 1 aromatic heterocycles. The molecule has 0 aliphatic heterocycles. The summed E-state index contributed by atoms with van der Waals surface area (Å²) in [7, 11) is 0. The Balaban J connectivity index is 2.29. The van der Waals surface area contributed by atoms with Gasteiger partial charge in [0.15, 0.2) is 4.77 Å². The Morgan fingerprint density at radius 1 is 1.31 bits per heavy atom. The molecule has 0 radical (unpaired) electrons. The highest BCUT2D eigenvalue weighted by molar-refractivity contribution is 7.71. The predicted molar refractivity (Wildman–Crippen MR) is 67.1 cm³/mol. The monoisotopic (exact) mass is 233 g/mol. The topological polar surface area (TPSA) is 33.6 Å². The van der Waals surface area contributed by atoms with Crippen LogP contribution >= 0.6 is 12.2 Å². The molecule has 0 aliphatic carbocycles. The normalized spacial score (nSPS) is 10.6. The summed E-state index contributed by atoms with van der Waals surface area (Å²) in [5.74, 6) is 1.01. The number of hydrogen-bond donors (Lipinski definition) is 1. The standard InChI is InChI=1S/C12H15N3S/c1-3-11-13-14-12(16)15(11)8-10-6-4-9(2)5-7-10/h4-7H,3,8H2,1-2H3,(H,14,16). The van der Waals surface area contributed by atoms with Crippen LogP contribution in [-0.4, -0.2) is 14.8 Å². The Morgan fingerprint density at radius 3 is 2.62 bits per heavy atom. The summed E-state index contributed by atoms with van der Waals surface area (Å²) < 4.78 is 2.73. The molecule has 0 atom stereocenters. The summed E-state index contributed by atoms with van der Waals surface area (Å²) in [6.07, 6.45) is 0.888. The Hall–Kier alpha value is -1.42. The zero-order chi connectivity index (χ0) is 11.5. The maximum absolute atomic E-state index is 5.21. The highest BCUT2D eigenvalue weighted by atomic mass is 32.1. The summed E-state index contributed by atoms with van der Waals surface area (Å²) in [5.41, 5.74) is 2.52. The van der Waals surface area contributed by atoms with Gasteiger partial charge in [0, 0.05) is 6.42 Å². The molecule has 0 saturated carbocycles. The van der Waals surface area contributed by atoms with Crippen LogP contribution in [0.1, 0.15) is 23.9 Å². The average Bonchev–Trinajstić information content (AvgIpc) is 2.63. The first kappa shape index (κ1) is 11.1. The number of benzene rings is 1. The highest BCUT2D eigenvalue weighted by Crippen LogP contribution is 2.08. The van der Waals surface area contributed by atoms with Crippen LogP contribution in [-0.2, 0) is 13.0 Å². The van der Waals surface area contributed by atoms with E-state index in [2.05, 4.69) is 48.3 Å². The van der Waals surface area contributed by atoms with E-state index < -0.39 is 0 Å². The largest absolute Gasteiger partial charge is 0.300 e. The fourth-order valence-corrected chi connectivity index (χ4v) is 1.87. The van der Waals surface area contributed by atoms with Crippen molar-refractivity contribution in [2.45, 2.75) is 26.8 Å². The predicted octanol–water partition coefficient (Wildman–Crippen LogP) is 2.86. The van der Waals surface area contributed by atoms with Crippen molar-refractivity contribution >= 4 is 12.2 Å². The van der Waals surface area contributed by atoms with Gasteiger partial charge >= 0.3 is 0 Å². The third-order valence-corrected chi connectivity index (χ3v) is 2.93. The number of H-pyrrole nitrogens is 1. The maximum Gasteiger partial charge on any atom is 0.195 e. The molecule has 2 aromatic rings. The average molecular weight is 233 g/mol. The first-order valence-electron chi connectivity index (χ1n) is 5.40. The van der Waals surface area contributed by atoms with E-state index in [4.69, 9.17) is 12.2 Å². The van der Waals surface area contributed by atoms with Gasteiger partial charge in [-0.3, -0.25) is 9.67 Å². The van der Waals surface area contributed by atoms with Crippen LogP contribution in [0.15, 0.2) is 24.3 Å². The van der Waals surface area contributed by atoms with Crippen molar-refractivity contribution < 1.29 is 0 Å². The lowest BCUT2D eigenvalue weighted by Gasteiger charge is -2.05. The van der Waals surface area contributed by atoms with Crippen LogP contribution in [0.5, 0.6) is 0 Å². The summed E-state index contributed by atoms with van der Waals surface area (Å²) in [4.78, 5) is 0. The molecule has 0 spiro atoms. The Morgan fingerprint density at radius 2 is 2.00 bits per heavy atom. The number of hydrogen-bond acceptors (Lipinski definition) is 2. The minimum absolute atomic E-state index is 0.692. The van der Waals surface area contributed by atoms with Crippen molar-refractivity contribution in [3.8, 4) is 0 Å². The highest BCUT2D eigenvalue weighted by Gasteiger charge is 2.04. The number of aryl methyl sites for hydroxylation is 2. The Labute approximate surface area is 100 Å². The van der Waals surface area contributed by atoms with E-state index in [1.54, 1.807) is 0 Å². The van der Waals surface area contributed by atoms with Gasteiger partial charge in [-0.05, 0) is 24.7 Å². The van der Waals surface area contributed by atoms with E-state index in [9.17, 15) is 0 Å². The van der Waals surface area contributed by atoms with Crippen molar-refractivity contribution in [2.75, 3.05) is 0 Å². The molecular weight excluding hydrogens is 218 g/mol. The lowest BCUT2D eigenvalue weighted by molar-refractivity contribution is 0.724. The zero-order valence-corrected chi connectivity index (χ0v) is 10.3. The van der Waals surface area contributed by atoms with E-state index in [-0.39, 0.29) is 0 Å². The molecule has 84 valence electrons. The van der Waals surface area contributed by atoms with Crippen LogP contribution in [0.3, 0.4) is 0 Å². The molecule has 0 bridgehead atoms. The molecule has 0 fully saturated rings. The smallest absolute Gasteiger partial charge is 0.195 e. The van der Waals surface area contributed by atoms with Gasteiger partial charge in [0.1, 0.15) is 5.82 Å². The third-order valence-electron chi connectivity index (χ3n) is 2.61. The molecule has 1 N–H and O–H groups in total. The molecule has 4 heteroatoms. The molecule has 2 rings (SSSR count). The first-order chi connectivity index (χ1) is 7.70. The molecule has 0 amide bonds. The fraction of sp³-hybridized carbons (Fsp3) is 0.333. The van der Waals surface area contributed by atoms with Crippen molar-refractivity contribution in [1.29, 1.82) is 0 Å². The number of aromatic amines is 1. The lowest BCUT2D eigenvalue weighted by Crippen LogP contribution is -2.04. The zero-order valence-electron chi connectivity index (χ0n) is 9.53. The molecule has 0 saturated heterocycles. The van der Waals surface area contributed by atoms with Crippen molar-refractivity contribution in [3.63, 3.8) is 0 Å². The van der Waals surface area contributed by atoms with Crippen molar-refractivity contribution in [2.24, 2.45) is 0 Å². The van der Waals surface area contributed by atoms with Crippen LogP contribution in [0, 0.1) is 11.7 Å². The van der Waals surface area contributed by atoms with E-state index in [1.807, 2.05) is 4.57 Å². The van der Waals surface area contributed by atoms with Crippen LogP contribution < -0.4 is 0 Å². The van der Waals surface area contributed by atoms with Crippen molar-refractivity contribution in [3.05, 3.63) is 46.0 Å². The molecule has 1 aromatic carbocycles. The second-order valence-corrected chi connectivity index (χ2v) is 4.26. The summed E-state index contributed by atoms with van der Waals surface area (Å²) in [5, 5.41) is 7.03. The van der Waals surface area contributed by atoms with Crippen LogP contribution in [0.2, 0.25) is 0 Å². The van der Waals surface area contributed by atoms with E-state index >= 15 is 0 Å². The number of nitrogens with zero attached hydrogens (tertiary/aromatic N) is 2. The molecule has 1 heterocycles. The first-order valence-corrected chi connectivity index (χ1v) is 5.81. The SMILES string of the molecule is CCc1n[nH]c(=S)n1Cc1ccc(C)cc1. The maximum atomic E-state index is 5.21. The Kier molecular flexibility index (Phi) is 3.19. The van der Waals surface area contributed by atoms with E-state index in [0.29, 0.717) is 4.77 Å². The number of rotatable bonds is 3. The second-order valence-electron chi connectivity index (χ2n) is 3.87. The molecule has 3 nitrogen and oxygen atoms in total. The van der Waals surface area contributed by atoms with Gasteiger partial charge in [0.05, 0.1) is 6.54 Å². The third kappa shape index (κ3) is 2.22. The minimum Gasteiger partial charge on any atom is -0.300 e. The van der Waals surface area contributed by atoms with Gasteiger partial charge in [-0.15, -0.1) is 0 Å². The minimum atomic E-state index is 0.692. The summed E-state index contributed by atoms with van der Waals surface area (Å²) in [6.45, 7) is 4.96. The lowest BCUT2D eigenvalue weighted by atomic mass is 10.1. The van der Waals surface area contributed by atoms with E-state index in [0.717, 1.165) is 18.8 Å². The van der Waals surface area contributed by atoms with Gasteiger partial charge in [0.25, 0.3) is 0 Å². The van der Waals surface area contributed by atoms with Gasteiger partial charge < -0.3 is 0 Å².